The maximum Gasteiger partial charge on any atom is 0.267 e. The van der Waals surface area contributed by atoms with Gasteiger partial charge in [-0.05, 0) is 22.6 Å². The van der Waals surface area contributed by atoms with Crippen LogP contribution in [-0.4, -0.2) is 10.9 Å². The number of alkyl halides is 2. The van der Waals surface area contributed by atoms with Gasteiger partial charge in [0.05, 0.1) is 16.8 Å². The van der Waals surface area contributed by atoms with Crippen molar-refractivity contribution >= 4 is 34.2 Å². The SMILES string of the molecule is NC(=O)c1c(I)ncc(C(F)F)c1N. The molecule has 0 bridgehead atoms. The van der Waals surface area contributed by atoms with Crippen LogP contribution in [0.3, 0.4) is 0 Å². The Kier molecular flexibility index (Phi) is 3.19. The first-order valence-corrected chi connectivity index (χ1v) is 4.54. The summed E-state index contributed by atoms with van der Waals surface area (Å²) in [4.78, 5) is 14.5. The van der Waals surface area contributed by atoms with Crippen molar-refractivity contribution in [1.82, 2.24) is 4.98 Å². The van der Waals surface area contributed by atoms with Crippen LogP contribution in [0.2, 0.25) is 0 Å². The minimum absolute atomic E-state index is 0.150. The van der Waals surface area contributed by atoms with Gasteiger partial charge in [0.15, 0.2) is 0 Å². The zero-order valence-electron chi connectivity index (χ0n) is 6.80. The van der Waals surface area contributed by atoms with E-state index in [4.69, 9.17) is 11.5 Å². The number of nitrogen functional groups attached to an aromatic ring is 1. The Hall–Kier alpha value is -0.990. The van der Waals surface area contributed by atoms with E-state index in [-0.39, 0.29) is 15.0 Å². The van der Waals surface area contributed by atoms with E-state index >= 15 is 0 Å². The van der Waals surface area contributed by atoms with Crippen LogP contribution in [0.15, 0.2) is 6.20 Å². The van der Waals surface area contributed by atoms with Crippen molar-refractivity contribution in [2.75, 3.05) is 5.73 Å². The molecule has 0 aliphatic heterocycles. The predicted molar refractivity (Wildman–Crippen MR) is 54.8 cm³/mol. The van der Waals surface area contributed by atoms with Crippen LogP contribution in [0.25, 0.3) is 0 Å². The largest absolute Gasteiger partial charge is 0.398 e. The van der Waals surface area contributed by atoms with Gasteiger partial charge in [-0.15, -0.1) is 0 Å². The van der Waals surface area contributed by atoms with Gasteiger partial charge in [-0.1, -0.05) is 0 Å². The lowest BCUT2D eigenvalue weighted by atomic mass is 10.1. The number of amides is 1. The summed E-state index contributed by atoms with van der Waals surface area (Å²) in [6.07, 6.45) is -1.83. The second-order valence-electron chi connectivity index (χ2n) is 2.46. The van der Waals surface area contributed by atoms with Gasteiger partial charge in [0.25, 0.3) is 12.3 Å². The number of hydrogen-bond acceptors (Lipinski definition) is 3. The molecular formula is C7H6F2IN3O. The van der Waals surface area contributed by atoms with Gasteiger partial charge in [-0.25, -0.2) is 13.8 Å². The lowest BCUT2D eigenvalue weighted by Gasteiger charge is -2.08. The normalized spacial score (nSPS) is 10.6. The summed E-state index contributed by atoms with van der Waals surface area (Å²) in [5.41, 5.74) is 9.41. The van der Waals surface area contributed by atoms with Crippen LogP contribution in [-0.2, 0) is 0 Å². The average molecular weight is 313 g/mol. The van der Waals surface area contributed by atoms with Gasteiger partial charge >= 0.3 is 0 Å². The summed E-state index contributed by atoms with van der Waals surface area (Å²) in [6, 6.07) is 0. The molecule has 0 radical (unpaired) electrons. The molecule has 0 fully saturated rings. The van der Waals surface area contributed by atoms with E-state index in [1.165, 1.54) is 0 Å². The second-order valence-corrected chi connectivity index (χ2v) is 3.48. The Morgan fingerprint density at radius 3 is 2.57 bits per heavy atom. The highest BCUT2D eigenvalue weighted by Gasteiger charge is 2.20. The Morgan fingerprint density at radius 2 is 2.14 bits per heavy atom. The molecule has 0 saturated heterocycles. The number of rotatable bonds is 2. The Labute approximate surface area is 91.8 Å². The minimum atomic E-state index is -2.77. The number of primary amides is 1. The first-order chi connectivity index (χ1) is 6.45. The topological polar surface area (TPSA) is 82.0 Å². The Balaban J connectivity index is 3.41. The first-order valence-electron chi connectivity index (χ1n) is 3.47. The summed E-state index contributed by atoms with van der Waals surface area (Å²) in [6.45, 7) is 0. The minimum Gasteiger partial charge on any atom is -0.398 e. The summed E-state index contributed by atoms with van der Waals surface area (Å²) in [5.74, 6) is -0.859. The molecule has 1 amide bonds. The van der Waals surface area contributed by atoms with E-state index in [0.717, 1.165) is 6.20 Å². The molecule has 1 aromatic heterocycles. The van der Waals surface area contributed by atoms with Crippen molar-refractivity contribution in [3.05, 3.63) is 21.0 Å². The van der Waals surface area contributed by atoms with E-state index < -0.39 is 17.9 Å². The molecule has 1 rings (SSSR count). The quantitative estimate of drug-likeness (QED) is 0.638. The van der Waals surface area contributed by atoms with Crippen molar-refractivity contribution in [2.24, 2.45) is 5.73 Å². The van der Waals surface area contributed by atoms with Crippen molar-refractivity contribution < 1.29 is 13.6 Å². The van der Waals surface area contributed by atoms with Gasteiger partial charge in [0, 0.05) is 6.20 Å². The Bertz CT molecular complexity index is 383. The highest BCUT2D eigenvalue weighted by atomic mass is 127. The number of pyridine rings is 1. The van der Waals surface area contributed by atoms with Crippen LogP contribution in [0.4, 0.5) is 14.5 Å². The fourth-order valence-electron chi connectivity index (χ4n) is 0.924. The van der Waals surface area contributed by atoms with E-state index in [1.807, 2.05) is 0 Å². The average Bonchev–Trinajstić information content (AvgIpc) is 2.02. The molecule has 1 heterocycles. The predicted octanol–water partition coefficient (Wildman–Crippen LogP) is 1.30. The van der Waals surface area contributed by atoms with Gasteiger partial charge in [0.2, 0.25) is 0 Å². The number of aromatic nitrogens is 1. The molecular weight excluding hydrogens is 307 g/mol. The molecule has 1 aromatic rings. The zero-order chi connectivity index (χ0) is 10.9. The molecule has 76 valence electrons. The molecule has 4 nitrogen and oxygen atoms in total. The third-order valence-electron chi connectivity index (χ3n) is 1.59. The molecule has 0 aromatic carbocycles. The monoisotopic (exact) mass is 313 g/mol. The van der Waals surface area contributed by atoms with Crippen molar-refractivity contribution in [3.8, 4) is 0 Å². The molecule has 4 N–H and O–H groups in total. The number of hydrogen-bond donors (Lipinski definition) is 2. The summed E-state index contributed by atoms with van der Waals surface area (Å²) in [5, 5.41) is 0. The fraction of sp³-hybridized carbons (Fsp3) is 0.143. The molecule has 14 heavy (non-hydrogen) atoms. The third kappa shape index (κ3) is 1.91. The highest BCUT2D eigenvalue weighted by Crippen LogP contribution is 2.28. The van der Waals surface area contributed by atoms with E-state index in [2.05, 4.69) is 4.98 Å². The number of halogens is 3. The number of carbonyl (C=O) groups excluding carboxylic acids is 1. The highest BCUT2D eigenvalue weighted by molar-refractivity contribution is 14.1. The van der Waals surface area contributed by atoms with Crippen molar-refractivity contribution in [1.29, 1.82) is 0 Å². The molecule has 0 aliphatic carbocycles. The van der Waals surface area contributed by atoms with Crippen LogP contribution >= 0.6 is 22.6 Å². The molecule has 0 saturated carbocycles. The summed E-state index contributed by atoms with van der Waals surface area (Å²) >= 11 is 1.70. The number of nitrogens with zero attached hydrogens (tertiary/aromatic N) is 1. The van der Waals surface area contributed by atoms with E-state index in [0.29, 0.717) is 0 Å². The van der Waals surface area contributed by atoms with Gasteiger partial charge in [-0.2, -0.15) is 0 Å². The maximum atomic E-state index is 12.3. The van der Waals surface area contributed by atoms with Gasteiger partial charge < -0.3 is 11.5 Å². The van der Waals surface area contributed by atoms with Gasteiger partial charge in [0.1, 0.15) is 3.70 Å². The van der Waals surface area contributed by atoms with Crippen LogP contribution in [0.1, 0.15) is 22.3 Å². The maximum absolute atomic E-state index is 12.3. The number of carbonyl (C=O) groups is 1. The first kappa shape index (κ1) is 11.1. The molecule has 0 atom stereocenters. The lowest BCUT2D eigenvalue weighted by Crippen LogP contribution is -2.17. The summed E-state index contributed by atoms with van der Waals surface area (Å²) in [7, 11) is 0. The van der Waals surface area contributed by atoms with Crippen LogP contribution in [0, 0.1) is 3.70 Å². The molecule has 0 unspecified atom stereocenters. The van der Waals surface area contributed by atoms with Crippen LogP contribution < -0.4 is 11.5 Å². The van der Waals surface area contributed by atoms with Crippen molar-refractivity contribution in [2.45, 2.75) is 6.43 Å². The zero-order valence-corrected chi connectivity index (χ0v) is 8.96. The number of nitrogens with two attached hydrogens (primary N) is 2. The molecule has 0 spiro atoms. The molecule has 7 heteroatoms. The van der Waals surface area contributed by atoms with Crippen LogP contribution in [0.5, 0.6) is 0 Å². The summed E-state index contributed by atoms with van der Waals surface area (Å²) < 4.78 is 24.9. The second kappa shape index (κ2) is 4.03. The standard InChI is InChI=1S/C7H6F2IN3O/c8-5(9)2-1-13-6(10)3(4(2)11)7(12)14/h1,5H,(H2,11,13)(H2,12,14). The van der Waals surface area contributed by atoms with E-state index in [9.17, 15) is 13.6 Å². The Morgan fingerprint density at radius 1 is 1.57 bits per heavy atom. The van der Waals surface area contributed by atoms with Crippen molar-refractivity contribution in [3.63, 3.8) is 0 Å². The number of anilines is 1. The lowest BCUT2D eigenvalue weighted by molar-refractivity contribution is 0.0999. The smallest absolute Gasteiger partial charge is 0.267 e. The molecule has 0 aliphatic rings. The van der Waals surface area contributed by atoms with E-state index in [1.54, 1.807) is 22.6 Å². The fourth-order valence-corrected chi connectivity index (χ4v) is 1.62. The third-order valence-corrected chi connectivity index (χ3v) is 2.40. The van der Waals surface area contributed by atoms with Gasteiger partial charge in [-0.3, -0.25) is 4.79 Å².